The van der Waals surface area contributed by atoms with Crippen LogP contribution >= 0.6 is 23.7 Å². The minimum absolute atomic E-state index is 0. The zero-order valence-corrected chi connectivity index (χ0v) is 14.5. The van der Waals surface area contributed by atoms with Crippen molar-refractivity contribution in [2.24, 2.45) is 5.92 Å². The Morgan fingerprint density at radius 1 is 1.35 bits per heavy atom. The number of nitrogens with zero attached hydrogens (tertiary/aromatic N) is 2. The molecule has 2 aromatic heterocycles. The lowest BCUT2D eigenvalue weighted by Crippen LogP contribution is -2.65. The number of hydrogen-bond donors (Lipinski definition) is 1. The Hall–Kier alpha value is -1.17. The van der Waals surface area contributed by atoms with Gasteiger partial charge < -0.3 is 5.32 Å². The van der Waals surface area contributed by atoms with Crippen LogP contribution in [0.1, 0.15) is 35.4 Å². The van der Waals surface area contributed by atoms with Crippen molar-refractivity contribution in [3.63, 3.8) is 0 Å². The number of thiophene rings is 1. The summed E-state index contributed by atoms with van der Waals surface area (Å²) in [4.78, 5) is 21.4. The first-order chi connectivity index (χ1) is 10.8. The molecule has 1 atom stereocenters. The molecule has 3 saturated heterocycles. The van der Waals surface area contributed by atoms with Gasteiger partial charge in [-0.05, 0) is 56.8 Å². The average Bonchev–Trinajstić information content (AvgIpc) is 3.20. The molecular weight excluding hydrogens is 330 g/mol. The highest BCUT2D eigenvalue weighted by molar-refractivity contribution is 7.20. The largest absolute Gasteiger partial charge is 0.346 e. The molecule has 4 aliphatic rings. The Bertz CT molecular complexity index is 716. The molecule has 23 heavy (non-hydrogen) atoms. The van der Waals surface area contributed by atoms with E-state index in [1.54, 1.807) is 6.20 Å². The van der Waals surface area contributed by atoms with Gasteiger partial charge in [0.1, 0.15) is 4.83 Å². The second-order valence-electron chi connectivity index (χ2n) is 6.89. The predicted molar refractivity (Wildman–Crippen MR) is 94.4 cm³/mol. The van der Waals surface area contributed by atoms with Crippen LogP contribution in [0.25, 0.3) is 10.2 Å². The standard InChI is InChI=1S/C17H19N3OS.ClH/c21-15(13-10-12-2-1-7-18-16(12)22-13)19-14-11-3-8-20(9-4-11)17(14)5-6-17;/h1-2,7,10-11,14H,3-6,8-9H2,(H,19,21);1H/t14-;/m0./s1. The Balaban J connectivity index is 0.00000135. The summed E-state index contributed by atoms with van der Waals surface area (Å²) in [5.41, 5.74) is 0.297. The van der Waals surface area contributed by atoms with Crippen LogP contribution in [0.5, 0.6) is 0 Å². The Morgan fingerprint density at radius 2 is 2.13 bits per heavy atom. The molecule has 1 aliphatic carbocycles. The lowest BCUT2D eigenvalue weighted by atomic mass is 9.77. The van der Waals surface area contributed by atoms with Crippen molar-refractivity contribution in [3.05, 3.63) is 29.3 Å². The first kappa shape index (κ1) is 15.4. The molecule has 6 rings (SSSR count). The van der Waals surface area contributed by atoms with Gasteiger partial charge >= 0.3 is 0 Å². The monoisotopic (exact) mass is 349 g/mol. The van der Waals surface area contributed by atoms with Gasteiger partial charge in [-0.2, -0.15) is 0 Å². The maximum atomic E-state index is 12.7. The zero-order chi connectivity index (χ0) is 14.7. The molecule has 4 fully saturated rings. The minimum Gasteiger partial charge on any atom is -0.346 e. The number of halogens is 1. The van der Waals surface area contributed by atoms with Gasteiger partial charge in [-0.3, -0.25) is 9.69 Å². The summed E-state index contributed by atoms with van der Waals surface area (Å²) < 4.78 is 0. The third kappa shape index (κ3) is 2.29. The summed E-state index contributed by atoms with van der Waals surface area (Å²) in [6, 6.07) is 6.26. The van der Waals surface area contributed by atoms with Crippen LogP contribution in [0.3, 0.4) is 0 Å². The Morgan fingerprint density at radius 3 is 2.83 bits per heavy atom. The zero-order valence-electron chi connectivity index (χ0n) is 12.8. The number of fused-ring (bicyclic) bond motifs is 3. The molecule has 4 nitrogen and oxygen atoms in total. The van der Waals surface area contributed by atoms with E-state index in [9.17, 15) is 4.79 Å². The lowest BCUT2D eigenvalue weighted by Gasteiger charge is -2.52. The van der Waals surface area contributed by atoms with Crippen LogP contribution < -0.4 is 5.32 Å². The Labute approximate surface area is 145 Å². The van der Waals surface area contributed by atoms with Crippen molar-refractivity contribution in [2.45, 2.75) is 37.3 Å². The molecule has 0 unspecified atom stereocenters. The predicted octanol–water partition coefficient (Wildman–Crippen LogP) is 3.07. The molecule has 6 heteroatoms. The van der Waals surface area contributed by atoms with Crippen LogP contribution in [-0.4, -0.2) is 40.5 Å². The van der Waals surface area contributed by atoms with Crippen molar-refractivity contribution < 1.29 is 4.79 Å². The van der Waals surface area contributed by atoms with Crippen LogP contribution in [0.15, 0.2) is 24.4 Å². The third-order valence-electron chi connectivity index (χ3n) is 5.79. The summed E-state index contributed by atoms with van der Waals surface area (Å²) in [6.07, 6.45) is 6.76. The van der Waals surface area contributed by atoms with E-state index in [0.717, 1.165) is 15.1 Å². The smallest absolute Gasteiger partial charge is 0.261 e. The maximum Gasteiger partial charge on any atom is 0.261 e. The van der Waals surface area contributed by atoms with Gasteiger partial charge in [0, 0.05) is 17.1 Å². The normalized spacial score (nSPS) is 30.2. The molecule has 1 saturated carbocycles. The fourth-order valence-corrected chi connectivity index (χ4v) is 5.42. The number of piperidine rings is 3. The molecule has 3 aliphatic heterocycles. The van der Waals surface area contributed by atoms with Crippen LogP contribution in [0.4, 0.5) is 0 Å². The van der Waals surface area contributed by atoms with Crippen LogP contribution in [0.2, 0.25) is 0 Å². The first-order valence-electron chi connectivity index (χ1n) is 8.17. The van der Waals surface area contributed by atoms with Gasteiger partial charge in [0.2, 0.25) is 0 Å². The maximum absolute atomic E-state index is 12.7. The molecule has 1 N–H and O–H groups in total. The number of pyridine rings is 1. The van der Waals surface area contributed by atoms with Crippen molar-refractivity contribution in [1.82, 2.24) is 15.2 Å². The van der Waals surface area contributed by atoms with Crippen molar-refractivity contribution in [2.75, 3.05) is 13.1 Å². The average molecular weight is 350 g/mol. The summed E-state index contributed by atoms with van der Waals surface area (Å²) in [6.45, 7) is 2.45. The molecule has 5 heterocycles. The first-order valence-corrected chi connectivity index (χ1v) is 8.98. The highest BCUT2D eigenvalue weighted by Gasteiger charge is 2.60. The van der Waals surface area contributed by atoms with Gasteiger partial charge in [-0.15, -0.1) is 23.7 Å². The van der Waals surface area contributed by atoms with Crippen LogP contribution in [-0.2, 0) is 0 Å². The highest BCUT2D eigenvalue weighted by atomic mass is 35.5. The summed E-state index contributed by atoms with van der Waals surface area (Å²) in [5.74, 6) is 0.761. The fourth-order valence-electron chi connectivity index (χ4n) is 4.52. The number of aromatic nitrogens is 1. The molecule has 0 aromatic carbocycles. The van der Waals surface area contributed by atoms with Gasteiger partial charge in [-0.25, -0.2) is 4.98 Å². The van der Waals surface area contributed by atoms with Gasteiger partial charge in [-0.1, -0.05) is 6.07 Å². The van der Waals surface area contributed by atoms with Crippen molar-refractivity contribution in [1.29, 1.82) is 0 Å². The number of amides is 1. The SMILES string of the molecule is Cl.O=C(N[C@H]1C2CCN(CC2)C12CC2)c1cc2cccnc2s1. The minimum atomic E-state index is 0. The molecular formula is C17H20ClN3OS. The quantitative estimate of drug-likeness (QED) is 0.906. The number of rotatable bonds is 2. The van der Waals surface area contributed by atoms with Gasteiger partial charge in [0.25, 0.3) is 5.91 Å². The van der Waals surface area contributed by atoms with E-state index in [1.807, 2.05) is 18.2 Å². The number of nitrogens with one attached hydrogen (secondary N) is 1. The second-order valence-corrected chi connectivity index (χ2v) is 7.92. The van der Waals surface area contributed by atoms with E-state index in [2.05, 4.69) is 15.2 Å². The molecule has 0 radical (unpaired) electrons. The fraction of sp³-hybridized carbons (Fsp3) is 0.529. The highest BCUT2D eigenvalue weighted by Crippen LogP contribution is 2.53. The van der Waals surface area contributed by atoms with E-state index in [1.165, 1.54) is 50.1 Å². The van der Waals surface area contributed by atoms with E-state index >= 15 is 0 Å². The van der Waals surface area contributed by atoms with Gasteiger partial charge in [0.15, 0.2) is 0 Å². The second kappa shape index (κ2) is 5.43. The molecule has 1 amide bonds. The summed E-state index contributed by atoms with van der Waals surface area (Å²) in [5, 5.41) is 4.45. The van der Waals surface area contributed by atoms with E-state index in [0.29, 0.717) is 17.5 Å². The van der Waals surface area contributed by atoms with Crippen LogP contribution in [0, 0.1) is 5.92 Å². The molecule has 2 aromatic rings. The summed E-state index contributed by atoms with van der Waals surface area (Å²) in [7, 11) is 0. The summed E-state index contributed by atoms with van der Waals surface area (Å²) >= 11 is 1.50. The van der Waals surface area contributed by atoms with Crippen molar-refractivity contribution in [3.8, 4) is 0 Å². The number of carbonyl (C=O) groups excluding carboxylic acids is 1. The molecule has 2 bridgehead atoms. The molecule has 122 valence electrons. The third-order valence-corrected chi connectivity index (χ3v) is 6.84. The van der Waals surface area contributed by atoms with E-state index < -0.39 is 0 Å². The topological polar surface area (TPSA) is 45.2 Å². The van der Waals surface area contributed by atoms with E-state index in [-0.39, 0.29) is 18.3 Å². The number of carbonyl (C=O) groups is 1. The van der Waals surface area contributed by atoms with E-state index in [4.69, 9.17) is 0 Å². The lowest BCUT2D eigenvalue weighted by molar-refractivity contribution is -0.00138. The Kier molecular flexibility index (Phi) is 3.63. The van der Waals surface area contributed by atoms with Crippen molar-refractivity contribution >= 4 is 39.9 Å². The molecule has 1 spiro atoms. The number of hydrogen-bond acceptors (Lipinski definition) is 4. The van der Waals surface area contributed by atoms with Gasteiger partial charge in [0.05, 0.1) is 10.9 Å².